The van der Waals surface area contributed by atoms with Gasteiger partial charge in [-0.15, -0.1) is 0 Å². The van der Waals surface area contributed by atoms with Crippen molar-refractivity contribution in [3.63, 3.8) is 0 Å². The van der Waals surface area contributed by atoms with Crippen LogP contribution in [0.3, 0.4) is 0 Å². The van der Waals surface area contributed by atoms with Crippen molar-refractivity contribution in [2.45, 2.75) is 31.7 Å². The lowest BCUT2D eigenvalue weighted by Crippen LogP contribution is -2.48. The first kappa shape index (κ1) is 31.5. The molecule has 1 fully saturated rings. The molecular weight excluding hydrogens is 524 g/mol. The number of nitrogens with two attached hydrogens (primary N) is 1. The molecular formula is C29H42N8O4. The van der Waals surface area contributed by atoms with Crippen molar-refractivity contribution in [2.75, 3.05) is 64.8 Å². The molecule has 2 amide bonds. The van der Waals surface area contributed by atoms with Crippen molar-refractivity contribution < 1.29 is 19.2 Å². The van der Waals surface area contributed by atoms with Gasteiger partial charge in [0, 0.05) is 90.0 Å². The maximum atomic E-state index is 13.5. The average Bonchev–Trinajstić information content (AvgIpc) is 2.99. The monoisotopic (exact) mass is 566 g/mol. The van der Waals surface area contributed by atoms with Gasteiger partial charge in [-0.2, -0.15) is 0 Å². The average molecular weight is 567 g/mol. The van der Waals surface area contributed by atoms with Gasteiger partial charge in [0.25, 0.3) is 5.91 Å². The number of nitrogens with one attached hydrogen (secondary N) is 2. The molecule has 2 unspecified atom stereocenters. The van der Waals surface area contributed by atoms with Gasteiger partial charge < -0.3 is 31.0 Å². The van der Waals surface area contributed by atoms with Crippen LogP contribution in [0.25, 0.3) is 0 Å². The van der Waals surface area contributed by atoms with Crippen molar-refractivity contribution >= 4 is 42.6 Å². The molecule has 0 bridgehead atoms. The molecule has 0 saturated carbocycles. The molecule has 2 heterocycles. The number of aliphatic imine (C=N–C) groups is 2. The van der Waals surface area contributed by atoms with Gasteiger partial charge in [-0.1, -0.05) is 0 Å². The molecule has 12 heteroatoms. The number of anilines is 1. The molecule has 0 aliphatic carbocycles. The number of piperazine rings is 1. The Labute approximate surface area is 241 Å². The summed E-state index contributed by atoms with van der Waals surface area (Å²) < 4.78 is 0. The van der Waals surface area contributed by atoms with Crippen molar-refractivity contribution in [3.8, 4) is 0 Å². The molecule has 0 aromatic heterocycles. The quantitative estimate of drug-likeness (QED) is 0.350. The van der Waals surface area contributed by atoms with E-state index in [0.717, 1.165) is 64.1 Å². The molecule has 12 nitrogen and oxygen atoms in total. The minimum Gasteiger partial charge on any atom is -0.396 e. The van der Waals surface area contributed by atoms with Gasteiger partial charge in [-0.05, 0) is 43.4 Å². The Kier molecular flexibility index (Phi) is 12.5. The number of benzene rings is 1. The van der Waals surface area contributed by atoms with Crippen LogP contribution in [0, 0.1) is 5.92 Å². The van der Waals surface area contributed by atoms with Gasteiger partial charge in [0.05, 0.1) is 17.6 Å². The van der Waals surface area contributed by atoms with Gasteiger partial charge in [-0.25, -0.2) is 0 Å². The number of allylic oxidation sites excluding steroid dienone is 1. The number of aldehydes is 2. The number of amides is 2. The van der Waals surface area contributed by atoms with Crippen LogP contribution in [0.1, 0.15) is 46.4 Å². The molecule has 2 atom stereocenters. The molecule has 1 aromatic rings. The number of likely N-dealkylation sites (N-methyl/N-ethyl adjacent to an activating group) is 2. The third-order valence-corrected chi connectivity index (χ3v) is 7.53. The molecule has 2 aliphatic rings. The SMILES string of the molecule is CNC(=O)C(CCC=O)N(C)C(=O)c1cc(N2CCN(CC3CCN=CN/C=C(/N)C=NCC3)CC2)ccc1C=O. The fourth-order valence-electron chi connectivity index (χ4n) is 5.11. The fourth-order valence-corrected chi connectivity index (χ4v) is 5.11. The van der Waals surface area contributed by atoms with Crippen LogP contribution < -0.4 is 21.3 Å². The molecule has 1 saturated heterocycles. The molecule has 1 aromatic carbocycles. The Hall–Kier alpha value is -4.06. The zero-order valence-corrected chi connectivity index (χ0v) is 24.0. The summed E-state index contributed by atoms with van der Waals surface area (Å²) in [6, 6.07) is 4.42. The van der Waals surface area contributed by atoms with Crippen LogP contribution in [0.4, 0.5) is 5.69 Å². The molecule has 222 valence electrons. The van der Waals surface area contributed by atoms with E-state index in [1.54, 1.807) is 30.9 Å². The van der Waals surface area contributed by atoms with Crippen LogP contribution in [-0.4, -0.2) is 113 Å². The summed E-state index contributed by atoms with van der Waals surface area (Å²) in [5.41, 5.74) is 7.78. The highest BCUT2D eigenvalue weighted by atomic mass is 16.2. The highest BCUT2D eigenvalue weighted by Gasteiger charge is 2.29. The van der Waals surface area contributed by atoms with Gasteiger partial charge in [0.15, 0.2) is 6.29 Å². The van der Waals surface area contributed by atoms with Crippen LogP contribution in [-0.2, 0) is 9.59 Å². The molecule has 3 rings (SSSR count). The van der Waals surface area contributed by atoms with Crippen LogP contribution in [0.15, 0.2) is 40.1 Å². The molecule has 0 spiro atoms. The van der Waals surface area contributed by atoms with E-state index in [0.29, 0.717) is 24.4 Å². The highest BCUT2D eigenvalue weighted by Crippen LogP contribution is 2.23. The second kappa shape index (κ2) is 16.3. The summed E-state index contributed by atoms with van der Waals surface area (Å²) >= 11 is 0. The minimum absolute atomic E-state index is 0.144. The van der Waals surface area contributed by atoms with E-state index in [2.05, 4.69) is 30.4 Å². The summed E-state index contributed by atoms with van der Waals surface area (Å²) in [6.45, 7) is 5.69. The predicted octanol–water partition coefficient (Wildman–Crippen LogP) is 0.686. The topological polar surface area (TPSA) is 153 Å². The van der Waals surface area contributed by atoms with E-state index in [1.165, 1.54) is 19.0 Å². The molecule has 41 heavy (non-hydrogen) atoms. The molecule has 4 N–H and O–H groups in total. The van der Waals surface area contributed by atoms with E-state index in [9.17, 15) is 19.2 Å². The second-order valence-corrected chi connectivity index (χ2v) is 10.3. The first-order chi connectivity index (χ1) is 19.9. The third-order valence-electron chi connectivity index (χ3n) is 7.53. The van der Waals surface area contributed by atoms with Crippen molar-refractivity contribution in [2.24, 2.45) is 21.6 Å². The first-order valence-corrected chi connectivity index (χ1v) is 14.1. The fraction of sp³-hybridized carbons (Fsp3) is 0.517. The zero-order valence-electron chi connectivity index (χ0n) is 24.0. The summed E-state index contributed by atoms with van der Waals surface area (Å²) in [7, 11) is 3.01. The van der Waals surface area contributed by atoms with E-state index in [4.69, 9.17) is 5.73 Å². The lowest BCUT2D eigenvalue weighted by atomic mass is 10.00. The lowest BCUT2D eigenvalue weighted by molar-refractivity contribution is -0.125. The Balaban J connectivity index is 1.65. The van der Waals surface area contributed by atoms with Crippen LogP contribution in [0.2, 0.25) is 0 Å². The number of hydrogen-bond acceptors (Lipinski definition) is 10. The Morgan fingerprint density at radius 2 is 1.90 bits per heavy atom. The number of hydrogen-bond donors (Lipinski definition) is 3. The normalized spacial score (nSPS) is 20.4. The number of carbonyl (C=O) groups excluding carboxylic acids is 4. The number of rotatable bonds is 10. The smallest absolute Gasteiger partial charge is 0.255 e. The van der Waals surface area contributed by atoms with E-state index >= 15 is 0 Å². The summed E-state index contributed by atoms with van der Waals surface area (Å²) in [5.74, 6) is -0.340. The summed E-state index contributed by atoms with van der Waals surface area (Å²) in [5, 5.41) is 5.51. The number of carbonyl (C=O) groups is 4. The predicted molar refractivity (Wildman–Crippen MR) is 161 cm³/mol. The van der Waals surface area contributed by atoms with Gasteiger partial charge >= 0.3 is 0 Å². The first-order valence-electron chi connectivity index (χ1n) is 14.1. The Morgan fingerprint density at radius 1 is 1.17 bits per heavy atom. The third kappa shape index (κ3) is 9.24. The van der Waals surface area contributed by atoms with Crippen LogP contribution in [0.5, 0.6) is 0 Å². The van der Waals surface area contributed by atoms with E-state index in [-0.39, 0.29) is 29.9 Å². The van der Waals surface area contributed by atoms with Crippen LogP contribution >= 0.6 is 0 Å². The summed E-state index contributed by atoms with van der Waals surface area (Å²) in [4.78, 5) is 63.4. The maximum absolute atomic E-state index is 13.5. The molecule has 2 aliphatic heterocycles. The lowest BCUT2D eigenvalue weighted by Gasteiger charge is -2.38. The standard InChI is InChI=1S/C29H42N8O4/c1-31-28(40)27(4-3-15-38)35(2)29(41)26-16-25(6-5-23(26)20-39)37-13-11-36(12-14-37)19-22-7-9-32-17-24(30)18-34-21-33-10-8-22/h5-6,15-18,20-22,27H,3-4,7-14,19,30H2,1-2H3,(H,31,40)(H,33,34)/b24-18+,32-17?. The number of nitrogens with zero attached hydrogens (tertiary/aromatic N) is 5. The largest absolute Gasteiger partial charge is 0.396 e. The highest BCUT2D eigenvalue weighted by molar-refractivity contribution is 6.04. The van der Waals surface area contributed by atoms with E-state index < -0.39 is 11.9 Å². The second-order valence-electron chi connectivity index (χ2n) is 10.3. The Bertz CT molecular complexity index is 1140. The Morgan fingerprint density at radius 3 is 2.59 bits per heavy atom. The maximum Gasteiger partial charge on any atom is 0.255 e. The van der Waals surface area contributed by atoms with E-state index in [1.807, 2.05) is 6.07 Å². The minimum atomic E-state index is -0.818. The van der Waals surface area contributed by atoms with Crippen molar-refractivity contribution in [3.05, 3.63) is 41.2 Å². The zero-order chi connectivity index (χ0) is 29.6. The van der Waals surface area contributed by atoms with Gasteiger partial charge in [0.2, 0.25) is 5.91 Å². The van der Waals surface area contributed by atoms with Gasteiger partial charge in [-0.3, -0.25) is 29.3 Å². The molecule has 0 radical (unpaired) electrons. The van der Waals surface area contributed by atoms with Crippen molar-refractivity contribution in [1.29, 1.82) is 0 Å². The van der Waals surface area contributed by atoms with Crippen molar-refractivity contribution in [1.82, 2.24) is 20.4 Å². The van der Waals surface area contributed by atoms with Gasteiger partial charge in [0.1, 0.15) is 12.3 Å². The summed E-state index contributed by atoms with van der Waals surface area (Å²) in [6.07, 6.45) is 8.67.